The molecule has 0 heterocycles. The number of rotatable bonds is 3. The molecule has 2 unspecified atom stereocenters. The monoisotopic (exact) mass is 285 g/mol. The third kappa shape index (κ3) is 4.61. The zero-order valence-corrected chi connectivity index (χ0v) is 12.6. The van der Waals surface area contributed by atoms with Crippen LogP contribution in [0.3, 0.4) is 0 Å². The lowest BCUT2D eigenvalue weighted by atomic mass is 9.87. The second-order valence-corrected chi connectivity index (χ2v) is 5.76. The molecule has 0 spiro atoms. The van der Waals surface area contributed by atoms with Crippen LogP contribution in [0.4, 0.5) is 0 Å². The molecule has 3 heteroatoms. The zero-order chi connectivity index (χ0) is 15.1. The summed E-state index contributed by atoms with van der Waals surface area (Å²) in [6.07, 6.45) is 4.99. The molecule has 2 N–H and O–H groups in total. The maximum atomic E-state index is 12.4. The first-order chi connectivity index (χ1) is 10.2. The minimum Gasteiger partial charge on any atom is -0.395 e. The molecule has 1 aliphatic rings. The molecular weight excluding hydrogens is 262 g/mol. The van der Waals surface area contributed by atoms with E-state index in [2.05, 4.69) is 24.1 Å². The maximum Gasteiger partial charge on any atom is 0.252 e. The third-order valence-corrected chi connectivity index (χ3v) is 3.90. The van der Waals surface area contributed by atoms with E-state index in [0.717, 1.165) is 18.4 Å². The number of carbonyl (C=O) groups excluding carboxylic acids is 1. The van der Waals surface area contributed by atoms with Gasteiger partial charge in [0, 0.05) is 18.0 Å². The van der Waals surface area contributed by atoms with Gasteiger partial charge in [-0.1, -0.05) is 43.7 Å². The molecule has 3 nitrogen and oxygen atoms in total. The van der Waals surface area contributed by atoms with Crippen molar-refractivity contribution < 1.29 is 9.90 Å². The highest BCUT2D eigenvalue weighted by molar-refractivity contribution is 5.96. The summed E-state index contributed by atoms with van der Waals surface area (Å²) < 4.78 is 0. The van der Waals surface area contributed by atoms with Crippen LogP contribution in [0.1, 0.15) is 54.9 Å². The van der Waals surface area contributed by atoms with Gasteiger partial charge in [-0.05, 0) is 30.9 Å². The van der Waals surface area contributed by atoms with Crippen molar-refractivity contribution in [2.75, 3.05) is 6.61 Å². The van der Waals surface area contributed by atoms with E-state index in [9.17, 15) is 4.79 Å². The third-order valence-electron chi connectivity index (χ3n) is 3.90. The molecule has 2 rings (SSSR count). The highest BCUT2D eigenvalue weighted by Crippen LogP contribution is 2.23. The SMILES string of the molecule is CC1CCCC(NC(=O)c2ccccc2C#CCCO)C1. The Morgan fingerprint density at radius 2 is 2.19 bits per heavy atom. The first-order valence-electron chi connectivity index (χ1n) is 7.70. The van der Waals surface area contributed by atoms with Gasteiger partial charge in [0.05, 0.1) is 12.2 Å². The van der Waals surface area contributed by atoms with Gasteiger partial charge >= 0.3 is 0 Å². The lowest BCUT2D eigenvalue weighted by molar-refractivity contribution is 0.0921. The van der Waals surface area contributed by atoms with Crippen LogP contribution in [0.15, 0.2) is 24.3 Å². The van der Waals surface area contributed by atoms with Crippen LogP contribution < -0.4 is 5.32 Å². The molecule has 0 bridgehead atoms. The number of carbonyl (C=O) groups is 1. The lowest BCUT2D eigenvalue weighted by Crippen LogP contribution is -2.38. The normalized spacial score (nSPS) is 21.2. The van der Waals surface area contributed by atoms with Gasteiger partial charge in [0.15, 0.2) is 0 Å². The van der Waals surface area contributed by atoms with Crippen molar-refractivity contribution >= 4 is 5.91 Å². The smallest absolute Gasteiger partial charge is 0.252 e. The average Bonchev–Trinajstić information content (AvgIpc) is 2.48. The molecule has 0 aromatic heterocycles. The molecule has 1 fully saturated rings. The van der Waals surface area contributed by atoms with Crippen molar-refractivity contribution in [1.29, 1.82) is 0 Å². The van der Waals surface area contributed by atoms with E-state index in [4.69, 9.17) is 5.11 Å². The molecule has 21 heavy (non-hydrogen) atoms. The minimum absolute atomic E-state index is 0.0389. The van der Waals surface area contributed by atoms with Crippen molar-refractivity contribution in [2.24, 2.45) is 5.92 Å². The van der Waals surface area contributed by atoms with Crippen LogP contribution in [0.25, 0.3) is 0 Å². The fourth-order valence-corrected chi connectivity index (χ4v) is 2.83. The summed E-state index contributed by atoms with van der Waals surface area (Å²) in [5.74, 6) is 6.49. The van der Waals surface area contributed by atoms with Gasteiger partial charge in [0.25, 0.3) is 5.91 Å². The number of hydrogen-bond donors (Lipinski definition) is 2. The predicted octanol–water partition coefficient (Wildman–Crippen LogP) is 2.73. The van der Waals surface area contributed by atoms with Crippen molar-refractivity contribution in [3.05, 3.63) is 35.4 Å². The fourth-order valence-electron chi connectivity index (χ4n) is 2.83. The number of benzene rings is 1. The number of aliphatic hydroxyl groups excluding tert-OH is 1. The largest absolute Gasteiger partial charge is 0.395 e. The van der Waals surface area contributed by atoms with E-state index < -0.39 is 0 Å². The van der Waals surface area contributed by atoms with Gasteiger partial charge in [-0.3, -0.25) is 4.79 Å². The van der Waals surface area contributed by atoms with E-state index in [0.29, 0.717) is 17.9 Å². The minimum atomic E-state index is -0.0389. The Hall–Kier alpha value is -1.79. The van der Waals surface area contributed by atoms with Crippen LogP contribution in [-0.4, -0.2) is 23.7 Å². The van der Waals surface area contributed by atoms with Gasteiger partial charge < -0.3 is 10.4 Å². The van der Waals surface area contributed by atoms with E-state index >= 15 is 0 Å². The summed E-state index contributed by atoms with van der Waals surface area (Å²) in [6, 6.07) is 7.67. The second kappa shape index (κ2) is 7.85. The van der Waals surface area contributed by atoms with E-state index in [1.165, 1.54) is 12.8 Å². The molecule has 1 aromatic carbocycles. The molecule has 1 amide bonds. The van der Waals surface area contributed by atoms with E-state index in [-0.39, 0.29) is 18.6 Å². The van der Waals surface area contributed by atoms with Crippen LogP contribution in [0, 0.1) is 17.8 Å². The van der Waals surface area contributed by atoms with Crippen molar-refractivity contribution in [3.63, 3.8) is 0 Å². The van der Waals surface area contributed by atoms with Crippen molar-refractivity contribution in [3.8, 4) is 11.8 Å². The van der Waals surface area contributed by atoms with Gasteiger partial charge in [-0.2, -0.15) is 0 Å². The Morgan fingerprint density at radius 1 is 1.38 bits per heavy atom. The molecule has 1 saturated carbocycles. The summed E-state index contributed by atoms with van der Waals surface area (Å²) in [5.41, 5.74) is 1.36. The summed E-state index contributed by atoms with van der Waals surface area (Å²) in [4.78, 5) is 12.4. The molecule has 0 aliphatic heterocycles. The highest BCUT2D eigenvalue weighted by atomic mass is 16.2. The standard InChI is InChI=1S/C18H23NO2/c1-14-7-6-10-16(13-14)19-18(21)17-11-3-2-8-15(17)9-4-5-12-20/h2-3,8,11,14,16,20H,5-7,10,12-13H2,1H3,(H,19,21). The molecule has 1 aromatic rings. The number of aliphatic hydroxyl groups is 1. The van der Waals surface area contributed by atoms with Crippen LogP contribution >= 0.6 is 0 Å². The van der Waals surface area contributed by atoms with Gasteiger partial charge in [-0.15, -0.1) is 0 Å². The maximum absolute atomic E-state index is 12.4. The summed E-state index contributed by atoms with van der Waals surface area (Å²) in [5, 5.41) is 11.9. The Kier molecular flexibility index (Phi) is 5.83. The van der Waals surface area contributed by atoms with Gasteiger partial charge in [-0.25, -0.2) is 0 Å². The molecular formula is C18H23NO2. The first-order valence-corrected chi connectivity index (χ1v) is 7.70. The number of amides is 1. The lowest BCUT2D eigenvalue weighted by Gasteiger charge is -2.27. The van der Waals surface area contributed by atoms with Gasteiger partial charge in [0.2, 0.25) is 0 Å². The Bertz CT molecular complexity index is 542. The molecule has 2 atom stereocenters. The van der Waals surface area contributed by atoms with E-state index in [1.807, 2.05) is 24.3 Å². The van der Waals surface area contributed by atoms with E-state index in [1.54, 1.807) is 0 Å². The molecule has 0 radical (unpaired) electrons. The quantitative estimate of drug-likeness (QED) is 0.839. The Labute approximate surface area is 126 Å². The topological polar surface area (TPSA) is 49.3 Å². The Morgan fingerprint density at radius 3 is 2.95 bits per heavy atom. The Balaban J connectivity index is 2.07. The zero-order valence-electron chi connectivity index (χ0n) is 12.6. The fraction of sp³-hybridized carbons (Fsp3) is 0.500. The van der Waals surface area contributed by atoms with Crippen LogP contribution in [0.2, 0.25) is 0 Å². The number of hydrogen-bond acceptors (Lipinski definition) is 2. The molecule has 1 aliphatic carbocycles. The molecule has 0 saturated heterocycles. The summed E-state index contributed by atoms with van der Waals surface area (Å²) in [6.45, 7) is 2.29. The molecule has 112 valence electrons. The van der Waals surface area contributed by atoms with Crippen LogP contribution in [0.5, 0.6) is 0 Å². The second-order valence-electron chi connectivity index (χ2n) is 5.76. The van der Waals surface area contributed by atoms with Crippen molar-refractivity contribution in [2.45, 2.75) is 45.1 Å². The number of nitrogens with one attached hydrogen (secondary N) is 1. The summed E-state index contributed by atoms with van der Waals surface area (Å²) >= 11 is 0. The van der Waals surface area contributed by atoms with Crippen LogP contribution in [-0.2, 0) is 0 Å². The van der Waals surface area contributed by atoms with Gasteiger partial charge in [0.1, 0.15) is 0 Å². The van der Waals surface area contributed by atoms with Crippen molar-refractivity contribution in [1.82, 2.24) is 5.32 Å². The average molecular weight is 285 g/mol. The first kappa shape index (κ1) is 15.6. The summed E-state index contributed by atoms with van der Waals surface area (Å²) in [7, 11) is 0. The predicted molar refractivity (Wildman–Crippen MR) is 83.9 cm³/mol. The highest BCUT2D eigenvalue weighted by Gasteiger charge is 2.21.